The summed E-state index contributed by atoms with van der Waals surface area (Å²) in [6.07, 6.45) is 0. The molecule has 0 aliphatic carbocycles. The molecule has 0 amide bonds. The molecule has 19 aromatic rings. The van der Waals surface area contributed by atoms with E-state index in [0.29, 0.717) is 34.9 Å². The average Bonchev–Trinajstić information content (AvgIpc) is 0.715. The lowest BCUT2D eigenvalue weighted by atomic mass is 9.33. The molecule has 5 heterocycles. The number of benzene rings is 16. The van der Waals surface area contributed by atoms with Crippen molar-refractivity contribution in [1.82, 2.24) is 34.5 Å². The smallest absolute Gasteiger partial charge is 0.252 e. The SMILES string of the molecule is c1ccc(-c2ccc(N3c4ccc(-c5ccccc5)cc4B4c5cc(-c6ccccc6)ccc5N(c5ccc(-c6ccccc6)cc5)c5cc(-c6ccc7c(c6)c6ccccc6n7-c6cc(-c7nc(-c8ccccc8)nc(-c8ccccc8)n7)ccc6-c6nc(-c7ccccc7)nc(-c7ccccc7)n6)cc3c54)cc2)cc1. The van der Waals surface area contributed by atoms with E-state index in [4.69, 9.17) is 29.9 Å². The topological polar surface area (TPSA) is 88.8 Å². The van der Waals surface area contributed by atoms with E-state index in [2.05, 4.69) is 318 Å². The van der Waals surface area contributed by atoms with Crippen molar-refractivity contribution in [3.8, 4) is 130 Å². The third-order valence-electron chi connectivity index (χ3n) is 21.9. The molecule has 9 nitrogen and oxygen atoms in total. The molecule has 0 saturated heterocycles. The van der Waals surface area contributed by atoms with Gasteiger partial charge in [-0.2, -0.15) is 0 Å². The highest BCUT2D eigenvalue weighted by atomic mass is 15.2. The van der Waals surface area contributed by atoms with Crippen LogP contribution in [0.3, 0.4) is 0 Å². The Bertz CT molecular complexity index is 6460. The standard InChI is InChI=1S/C102H66BN9/c1-9-27-67(28-10-1)71-45-53-82(54-46-71)110-91-59-51-78(69-31-13-3-14-32-69)62-87(91)103-88-63-79(70-33-15-4-16-34-70)52-60-92(88)111(83-55-47-72(48-56-83)68-29-11-2-12-30-68)95-66-81(65-94(110)96(95)103)77-50-58-90-86(61-77)84-43-25-26-44-89(84)112(90)93-64-80(101-106-97(73-35-17-5-18-36-73)104-98(107-101)74-37-19-6-20-38-74)49-57-85(93)102-108-99(75-39-21-7-22-40-75)105-100(109-102)76-41-23-8-24-42-76/h1-66H. The van der Waals surface area contributed by atoms with Gasteiger partial charge in [0.1, 0.15) is 0 Å². The summed E-state index contributed by atoms with van der Waals surface area (Å²) in [5.74, 6) is 3.29. The van der Waals surface area contributed by atoms with E-state index in [1.807, 2.05) is 97.1 Å². The Morgan fingerprint density at radius 3 is 0.911 bits per heavy atom. The Labute approximate surface area is 649 Å². The van der Waals surface area contributed by atoms with Crippen molar-refractivity contribution in [1.29, 1.82) is 0 Å². The molecule has 0 spiro atoms. The fraction of sp³-hybridized carbons (Fsp3) is 0. The first-order valence-corrected chi connectivity index (χ1v) is 37.9. The fourth-order valence-corrected chi connectivity index (χ4v) is 16.5. The van der Waals surface area contributed by atoms with Gasteiger partial charge < -0.3 is 14.4 Å². The second-order valence-electron chi connectivity index (χ2n) is 28.5. The summed E-state index contributed by atoms with van der Waals surface area (Å²) < 4.78 is 2.38. The normalized spacial score (nSPS) is 12.1. The summed E-state index contributed by atoms with van der Waals surface area (Å²) in [5.41, 5.74) is 29.5. The molecule has 0 radical (unpaired) electrons. The number of fused-ring (bicyclic) bond motifs is 7. The van der Waals surface area contributed by atoms with Crippen molar-refractivity contribution >= 4 is 79.0 Å². The van der Waals surface area contributed by atoms with Crippen LogP contribution in [0.15, 0.2) is 400 Å². The zero-order valence-electron chi connectivity index (χ0n) is 60.7. The van der Waals surface area contributed by atoms with Crippen LogP contribution in [0.4, 0.5) is 34.1 Å². The van der Waals surface area contributed by atoms with Crippen LogP contribution >= 0.6 is 0 Å². The van der Waals surface area contributed by atoms with E-state index in [1.54, 1.807) is 0 Å². The third kappa shape index (κ3) is 11.7. The first kappa shape index (κ1) is 65.3. The molecule has 112 heavy (non-hydrogen) atoms. The van der Waals surface area contributed by atoms with Crippen LogP contribution in [0, 0.1) is 0 Å². The summed E-state index contributed by atoms with van der Waals surface area (Å²) in [4.78, 5) is 36.9. The van der Waals surface area contributed by atoms with Crippen molar-refractivity contribution in [2.45, 2.75) is 0 Å². The molecule has 21 rings (SSSR count). The quantitative estimate of drug-likeness (QED) is 0.0995. The van der Waals surface area contributed by atoms with Gasteiger partial charge in [0, 0.05) is 78.3 Å². The van der Waals surface area contributed by atoms with E-state index in [1.165, 1.54) is 16.4 Å². The van der Waals surface area contributed by atoms with Gasteiger partial charge in [-0.05, 0) is 151 Å². The molecule has 522 valence electrons. The number of para-hydroxylation sites is 1. The van der Waals surface area contributed by atoms with E-state index in [0.717, 1.165) is 151 Å². The van der Waals surface area contributed by atoms with Gasteiger partial charge in [-0.15, -0.1) is 0 Å². The maximum absolute atomic E-state index is 5.43. The van der Waals surface area contributed by atoms with Gasteiger partial charge in [-0.3, -0.25) is 0 Å². The molecule has 2 aliphatic rings. The predicted octanol–water partition coefficient (Wildman–Crippen LogP) is 23.6. The van der Waals surface area contributed by atoms with Crippen molar-refractivity contribution in [2.75, 3.05) is 9.80 Å². The summed E-state index contributed by atoms with van der Waals surface area (Å²) in [7, 11) is 0. The summed E-state index contributed by atoms with van der Waals surface area (Å²) >= 11 is 0. The Hall–Kier alpha value is -15.0. The molecule has 16 aromatic carbocycles. The van der Waals surface area contributed by atoms with Crippen molar-refractivity contribution < 1.29 is 0 Å². The monoisotopic (exact) mass is 1430 g/mol. The lowest BCUT2D eigenvalue weighted by Crippen LogP contribution is -2.61. The van der Waals surface area contributed by atoms with Crippen LogP contribution in [0.1, 0.15) is 0 Å². The minimum Gasteiger partial charge on any atom is -0.311 e. The highest BCUT2D eigenvalue weighted by molar-refractivity contribution is 7.00. The van der Waals surface area contributed by atoms with Crippen molar-refractivity contribution in [2.24, 2.45) is 0 Å². The van der Waals surface area contributed by atoms with E-state index in [-0.39, 0.29) is 6.71 Å². The minimum absolute atomic E-state index is 0.189. The maximum Gasteiger partial charge on any atom is 0.252 e. The second kappa shape index (κ2) is 27.7. The molecule has 10 heteroatoms. The number of aromatic nitrogens is 7. The molecular formula is C102H66BN9. The van der Waals surface area contributed by atoms with Crippen LogP contribution in [0.5, 0.6) is 0 Å². The van der Waals surface area contributed by atoms with Crippen molar-refractivity contribution in [3.63, 3.8) is 0 Å². The van der Waals surface area contributed by atoms with E-state index >= 15 is 0 Å². The highest BCUT2D eigenvalue weighted by Gasteiger charge is 2.44. The molecule has 3 aromatic heterocycles. The zero-order valence-corrected chi connectivity index (χ0v) is 60.7. The average molecular weight is 1430 g/mol. The largest absolute Gasteiger partial charge is 0.311 e. The van der Waals surface area contributed by atoms with Crippen LogP contribution < -0.4 is 26.2 Å². The first-order chi connectivity index (χ1) is 55.5. The van der Waals surface area contributed by atoms with Crippen LogP contribution in [-0.4, -0.2) is 41.2 Å². The molecule has 0 N–H and O–H groups in total. The Kier molecular flexibility index (Phi) is 16.1. The molecule has 2 aliphatic heterocycles. The van der Waals surface area contributed by atoms with Crippen LogP contribution in [0.25, 0.3) is 151 Å². The number of hydrogen-bond acceptors (Lipinski definition) is 8. The Balaban J connectivity index is 0.813. The fourth-order valence-electron chi connectivity index (χ4n) is 16.5. The van der Waals surface area contributed by atoms with E-state index < -0.39 is 0 Å². The second-order valence-corrected chi connectivity index (χ2v) is 28.5. The van der Waals surface area contributed by atoms with Gasteiger partial charge in [0.15, 0.2) is 34.9 Å². The number of hydrogen-bond donors (Lipinski definition) is 0. The number of nitrogens with zero attached hydrogens (tertiary/aromatic N) is 9. The lowest BCUT2D eigenvalue weighted by molar-refractivity contribution is 1.06. The summed E-state index contributed by atoms with van der Waals surface area (Å²) in [6.45, 7) is -0.189. The van der Waals surface area contributed by atoms with Gasteiger partial charge >= 0.3 is 0 Å². The van der Waals surface area contributed by atoms with Gasteiger partial charge in [-0.1, -0.05) is 322 Å². The first-order valence-electron chi connectivity index (χ1n) is 37.9. The van der Waals surface area contributed by atoms with Crippen LogP contribution in [-0.2, 0) is 0 Å². The Morgan fingerprint density at radius 2 is 0.491 bits per heavy atom. The highest BCUT2D eigenvalue weighted by Crippen LogP contribution is 2.49. The van der Waals surface area contributed by atoms with Crippen LogP contribution in [0.2, 0.25) is 0 Å². The van der Waals surface area contributed by atoms with E-state index in [9.17, 15) is 0 Å². The third-order valence-corrected chi connectivity index (χ3v) is 21.9. The van der Waals surface area contributed by atoms with Gasteiger partial charge in [0.2, 0.25) is 0 Å². The minimum atomic E-state index is -0.189. The molecule has 0 atom stereocenters. The molecule has 0 fully saturated rings. The number of rotatable bonds is 14. The zero-order chi connectivity index (χ0) is 74.0. The molecular weight excluding hydrogens is 1360 g/mol. The van der Waals surface area contributed by atoms with Gasteiger partial charge in [-0.25, -0.2) is 29.9 Å². The van der Waals surface area contributed by atoms with Crippen molar-refractivity contribution in [3.05, 3.63) is 400 Å². The molecule has 0 unspecified atom stereocenters. The molecule has 0 bridgehead atoms. The lowest BCUT2D eigenvalue weighted by Gasteiger charge is -2.44. The Morgan fingerprint density at radius 1 is 0.188 bits per heavy atom. The maximum atomic E-state index is 5.43. The summed E-state index contributed by atoms with van der Waals surface area (Å²) in [5, 5.41) is 2.14. The van der Waals surface area contributed by atoms with Gasteiger partial charge in [0.25, 0.3) is 6.71 Å². The predicted molar refractivity (Wildman–Crippen MR) is 461 cm³/mol. The van der Waals surface area contributed by atoms with Gasteiger partial charge in [0.05, 0.1) is 16.7 Å². The number of anilines is 6. The molecule has 0 saturated carbocycles. The summed E-state index contributed by atoms with van der Waals surface area (Å²) in [6, 6.07) is 143.